The number of rotatable bonds is 26. The molecule has 24 heteroatoms. The van der Waals surface area contributed by atoms with Crippen molar-refractivity contribution in [3.05, 3.63) is 86.4 Å². The zero-order valence-electron chi connectivity index (χ0n) is 53.1. The van der Waals surface area contributed by atoms with Gasteiger partial charge < -0.3 is 55.0 Å². The number of fused-ring (bicyclic) bond motifs is 5. The topological polar surface area (TPSA) is 280 Å². The number of halogens is 4. The molecule has 3 heterocycles. The van der Waals surface area contributed by atoms with Gasteiger partial charge in [0.25, 0.3) is 5.91 Å². The highest BCUT2D eigenvalue weighted by Gasteiger charge is 2.64. The molecule has 5 rings (SSSR count). The molecule has 20 nitrogen and oxygen atoms in total. The first-order valence-electron chi connectivity index (χ1n) is 30.2. The van der Waals surface area contributed by atoms with Crippen molar-refractivity contribution in [2.24, 2.45) is 29.4 Å². The van der Waals surface area contributed by atoms with Gasteiger partial charge in [-0.05, 0) is 121 Å². The second kappa shape index (κ2) is 32.9. The van der Waals surface area contributed by atoms with E-state index in [-0.39, 0.29) is 85.7 Å². The molecular weight excluding hydrogens is 1320 g/mol. The molecule has 2 aromatic carbocycles. The van der Waals surface area contributed by atoms with Crippen LogP contribution in [0.3, 0.4) is 0 Å². The fourth-order valence-electron chi connectivity index (χ4n) is 11.4. The van der Waals surface area contributed by atoms with E-state index >= 15 is 0 Å². The number of allylic oxidation sites excluding steroid dienone is 3. The maximum absolute atomic E-state index is 14.5. The minimum Gasteiger partial charge on any atom is -0.462 e. The number of urea groups is 1. The van der Waals surface area contributed by atoms with Crippen LogP contribution in [-0.2, 0) is 70.1 Å². The molecule has 4 bridgehead atoms. The van der Waals surface area contributed by atoms with E-state index in [2.05, 4.69) is 42.5 Å². The van der Waals surface area contributed by atoms with Gasteiger partial charge in [0.15, 0.2) is 5.78 Å². The van der Waals surface area contributed by atoms with Crippen molar-refractivity contribution in [1.29, 1.82) is 0 Å². The lowest BCUT2D eigenvalue weighted by Crippen LogP contribution is -2.53. The number of alkyl halides is 2. The van der Waals surface area contributed by atoms with Crippen molar-refractivity contribution in [2.75, 3.05) is 43.3 Å². The van der Waals surface area contributed by atoms with Crippen LogP contribution in [0.25, 0.3) is 0 Å². The third kappa shape index (κ3) is 20.4. The highest BCUT2D eigenvalue weighted by atomic mass is 79.9. The number of primary amides is 1. The molecule has 492 valence electrons. The van der Waals surface area contributed by atoms with Gasteiger partial charge in [-0.3, -0.25) is 33.6 Å². The number of benzene rings is 2. The lowest BCUT2D eigenvalue weighted by molar-refractivity contribution is -0.187. The number of methoxy groups -OCH3 is 1. The number of aryl methyl sites for hydroxylation is 1. The number of nitrogens with zero attached hydrogens (tertiary/aromatic N) is 2. The van der Waals surface area contributed by atoms with Crippen molar-refractivity contribution in [3.63, 3.8) is 0 Å². The number of epoxide rings is 1. The normalized spacial score (nSPS) is 24.2. The van der Waals surface area contributed by atoms with E-state index in [1.165, 1.54) is 44.2 Å². The number of carbonyl (C=O) groups is 9. The van der Waals surface area contributed by atoms with Crippen molar-refractivity contribution in [1.82, 2.24) is 15.5 Å². The van der Waals surface area contributed by atoms with Gasteiger partial charge in [-0.15, -0.1) is 0 Å². The molecule has 0 aliphatic carbocycles. The Morgan fingerprint density at radius 3 is 2.31 bits per heavy atom. The molecule has 3 aliphatic rings. The van der Waals surface area contributed by atoms with Crippen LogP contribution in [0, 0.1) is 30.6 Å². The Morgan fingerprint density at radius 1 is 1.00 bits per heavy atom. The number of anilines is 1. The van der Waals surface area contributed by atoms with Gasteiger partial charge in [0.2, 0.25) is 11.8 Å². The first kappa shape index (κ1) is 74.5. The quantitative estimate of drug-likeness (QED) is 0.0224. The average molecular weight is 1410 g/mol. The largest absolute Gasteiger partial charge is 0.462 e. The van der Waals surface area contributed by atoms with Gasteiger partial charge >= 0.3 is 23.9 Å². The number of amides is 5. The smallest absolute Gasteiger partial charge is 0.328 e. The zero-order valence-corrected chi connectivity index (χ0v) is 57.8. The van der Waals surface area contributed by atoms with Crippen LogP contribution in [-0.4, -0.2) is 155 Å². The maximum Gasteiger partial charge on any atom is 0.328 e. The fourth-order valence-corrected chi connectivity index (χ4v) is 13.5. The van der Waals surface area contributed by atoms with Crippen LogP contribution >= 0.6 is 55.1 Å². The van der Waals surface area contributed by atoms with E-state index in [0.717, 1.165) is 21.6 Å². The summed E-state index contributed by atoms with van der Waals surface area (Å²) in [7, 11) is 4.41. The summed E-state index contributed by atoms with van der Waals surface area (Å²) in [5, 5.41) is 18.6. The molecule has 89 heavy (non-hydrogen) atoms. The lowest BCUT2D eigenvalue weighted by atomic mass is 9.78. The maximum atomic E-state index is 14.5. The highest BCUT2D eigenvalue weighted by molar-refractivity contribution is 9.09. The summed E-state index contributed by atoms with van der Waals surface area (Å²) >= 11 is 20.3. The van der Waals surface area contributed by atoms with Crippen molar-refractivity contribution >= 4 is 114 Å². The molecular formula is C65H89Br2Cl2N5O15. The van der Waals surface area contributed by atoms with Crippen molar-refractivity contribution in [3.8, 4) is 0 Å². The van der Waals surface area contributed by atoms with Gasteiger partial charge in [-0.1, -0.05) is 112 Å². The minimum atomic E-state index is -1.65. The average Bonchev–Trinajstić information content (AvgIpc) is 1.66. The number of unbranched alkanes of at least 4 members (excludes halogenated alkanes) is 1. The van der Waals surface area contributed by atoms with Gasteiger partial charge in [0.1, 0.15) is 46.9 Å². The number of likely N-dealkylation sites (N-methyl/N-ethyl adjacent to an activating group) is 1. The molecule has 0 saturated carbocycles. The summed E-state index contributed by atoms with van der Waals surface area (Å²) in [6, 6.07) is 5.06. The number of carbonyl (C=O) groups excluding carboxylic acids is 9. The second-order valence-electron chi connectivity index (χ2n) is 25.2. The van der Waals surface area contributed by atoms with Crippen LogP contribution in [0.15, 0.2) is 54.1 Å². The number of Topliss-reactive ketones (excluding diaryl/α,β-unsaturated/α-hetero) is 2. The summed E-state index contributed by atoms with van der Waals surface area (Å²) < 4.78 is 29.9. The summed E-state index contributed by atoms with van der Waals surface area (Å²) in [6.07, 6.45) is 3.27. The van der Waals surface area contributed by atoms with E-state index < -0.39 is 113 Å². The number of esters is 3. The first-order valence-corrected chi connectivity index (χ1v) is 33.2. The van der Waals surface area contributed by atoms with E-state index in [1.54, 1.807) is 33.0 Å². The Kier molecular flexibility index (Phi) is 27.5. The van der Waals surface area contributed by atoms with E-state index in [1.807, 2.05) is 59.8 Å². The predicted molar refractivity (Wildman–Crippen MR) is 346 cm³/mol. The van der Waals surface area contributed by atoms with Crippen LogP contribution in [0.2, 0.25) is 10.0 Å². The predicted octanol–water partition coefficient (Wildman–Crippen LogP) is 9.60. The SMILES string of the molecule is CO[C@@H]1/C=C/C=C(\C)Cc2cc(C)c(Cl)c(c2)N(C)C(=O)C[C@H](OC(=O)[C@H](C)N(C)C(=O)c2ccc(CC(=O)[C@H](CCCNC(N)=O)NC(=O)[C@@H](CC(=O)CCCCC(C)(C)OC(=O)C(CBr)CBr)C(C)C)cc2Cl)[C@]2(C)O[C@H]2[C@H](C)[C@@H]2C[C@@]1(O)CC(=O)O2. The number of nitrogens with two attached hydrogens (primary N) is 1. The van der Waals surface area contributed by atoms with Gasteiger partial charge in [0, 0.05) is 75.9 Å². The van der Waals surface area contributed by atoms with Crippen LogP contribution in [0.1, 0.15) is 147 Å². The molecule has 5 N–H and O–H groups in total. The third-order valence-corrected chi connectivity index (χ3v) is 19.5. The molecule has 2 saturated heterocycles. The molecule has 2 fully saturated rings. The Labute approximate surface area is 550 Å². The second-order valence-corrected chi connectivity index (χ2v) is 27.3. The minimum absolute atomic E-state index is 0.0112. The Bertz CT molecular complexity index is 2990. The Morgan fingerprint density at radius 2 is 1.69 bits per heavy atom. The molecule has 2 aromatic rings. The van der Waals surface area contributed by atoms with Crippen LogP contribution in [0.5, 0.6) is 0 Å². The number of ketones is 2. The van der Waals surface area contributed by atoms with E-state index in [9.17, 15) is 48.3 Å². The first-order chi connectivity index (χ1) is 41.7. The fraction of sp³-hybridized carbons (Fsp3) is 0.615. The monoisotopic (exact) mass is 1410 g/mol. The summed E-state index contributed by atoms with van der Waals surface area (Å²) in [5.41, 5.74) is 4.90. The van der Waals surface area contributed by atoms with Crippen molar-refractivity contribution < 1.29 is 71.9 Å². The molecule has 10 atom stereocenters. The standard InChI is InChI=1S/C65H89Br2Cl2N5O15/c1-36(2)46(30-44(75)18-13-14-23-63(7,8)89-61(82)43(34-66)35-67)58(79)72-48(19-16-24-71-62(70)83)50(76)29-41-21-22-45(47(68)27-41)59(80)73(10)40(6)60(81)87-53-31-54(77)74(11)49-28-42(26-38(4)56(49)69)25-37(3)17-15-20-52(85-12)65(84)32-51(86-55(78)33-65)39(5)57-64(53,9)88-57/h15,17,20-22,26-28,36,39-40,43,46,48,51-53,57,84H,13-14,16,18-19,23-25,29-35H2,1-12H3,(H,72,79)(H3,70,71,83)/b20-15+,37-17+/t39-,40+,46+,48+,51+,52-,53+,57+,64+,65-/m1/s1. The number of nitrogens with one attached hydrogen (secondary N) is 2. The number of ether oxygens (including phenoxy) is 5. The highest BCUT2D eigenvalue weighted by Crippen LogP contribution is 2.50. The zero-order chi connectivity index (χ0) is 66.5. The lowest BCUT2D eigenvalue weighted by Gasteiger charge is -2.41. The third-order valence-electron chi connectivity index (χ3n) is 17.2. The number of hydrogen-bond donors (Lipinski definition) is 4. The Hall–Kier alpha value is -5.23. The molecule has 0 radical (unpaired) electrons. The summed E-state index contributed by atoms with van der Waals surface area (Å²) in [5.74, 6) is -5.98. The van der Waals surface area contributed by atoms with Gasteiger partial charge in [-0.25, -0.2) is 9.59 Å². The van der Waals surface area contributed by atoms with Crippen LogP contribution < -0.4 is 21.3 Å². The molecule has 3 aliphatic heterocycles. The number of aliphatic hydroxyl groups is 1. The van der Waals surface area contributed by atoms with Gasteiger partial charge in [0.05, 0.1) is 52.2 Å². The Balaban J connectivity index is 1.31. The summed E-state index contributed by atoms with van der Waals surface area (Å²) in [6.45, 7) is 16.1. The molecule has 5 amide bonds. The van der Waals surface area contributed by atoms with E-state index in [4.69, 9.17) is 52.6 Å². The summed E-state index contributed by atoms with van der Waals surface area (Å²) in [4.78, 5) is 124. The van der Waals surface area contributed by atoms with Crippen molar-refractivity contribution in [2.45, 2.75) is 193 Å². The van der Waals surface area contributed by atoms with E-state index in [0.29, 0.717) is 52.6 Å². The molecule has 0 spiro atoms. The molecule has 0 aromatic heterocycles. The number of hydrogen-bond acceptors (Lipinski definition) is 15. The molecule has 0 unspecified atom stereocenters. The van der Waals surface area contributed by atoms with Crippen LogP contribution in [0.4, 0.5) is 10.5 Å². The van der Waals surface area contributed by atoms with Gasteiger partial charge in [-0.2, -0.15) is 0 Å².